The van der Waals surface area contributed by atoms with Crippen molar-refractivity contribution in [3.63, 3.8) is 0 Å². The van der Waals surface area contributed by atoms with E-state index in [1.807, 2.05) is 22.8 Å². The van der Waals surface area contributed by atoms with Crippen LogP contribution in [-0.4, -0.2) is 25.9 Å². The molecule has 1 aliphatic rings. The first-order valence-electron chi connectivity index (χ1n) is 7.33. The number of nitrogens with zero attached hydrogens (tertiary/aromatic N) is 3. The Hall–Kier alpha value is -1.73. The molecule has 0 bridgehead atoms. The van der Waals surface area contributed by atoms with Gasteiger partial charge in [-0.2, -0.15) is 0 Å². The van der Waals surface area contributed by atoms with Crippen LogP contribution < -0.4 is 10.5 Å². The number of carbonyl (C=O) groups excluding carboxylic acids is 1. The highest BCUT2D eigenvalue weighted by Crippen LogP contribution is 2.39. The predicted molar refractivity (Wildman–Crippen MR) is 88.6 cm³/mol. The largest absolute Gasteiger partial charge is 0.484 e. The number of hydrogen-bond donors (Lipinski definition) is 1. The molecule has 1 heterocycles. The highest BCUT2D eigenvalue weighted by atomic mass is 35.5. The van der Waals surface area contributed by atoms with Crippen molar-refractivity contribution in [2.45, 2.75) is 42.8 Å². The minimum Gasteiger partial charge on any atom is -0.484 e. The van der Waals surface area contributed by atoms with Gasteiger partial charge in [0.15, 0.2) is 11.0 Å². The number of nitrogens with two attached hydrogens (primary N) is 1. The standard InChI is InChI=1S/C15H17ClN4O2S/c1-9(14(17)21)23-15-19-18-13(20(15)10-6-7-10)8-22-12-5-3-2-4-11(12)16/h2-5,9-10H,6-8H2,1H3,(H2,17,21)/t9-/m0/s1. The summed E-state index contributed by atoms with van der Waals surface area (Å²) in [4.78, 5) is 11.3. The summed E-state index contributed by atoms with van der Waals surface area (Å²) < 4.78 is 7.79. The van der Waals surface area contributed by atoms with Gasteiger partial charge in [0.25, 0.3) is 0 Å². The van der Waals surface area contributed by atoms with Gasteiger partial charge in [0, 0.05) is 6.04 Å². The molecule has 23 heavy (non-hydrogen) atoms. The first-order chi connectivity index (χ1) is 11.1. The van der Waals surface area contributed by atoms with Gasteiger partial charge < -0.3 is 10.5 Å². The van der Waals surface area contributed by atoms with E-state index < -0.39 is 0 Å². The molecule has 1 aromatic carbocycles. The highest BCUT2D eigenvalue weighted by Gasteiger charge is 2.31. The van der Waals surface area contributed by atoms with Gasteiger partial charge in [-0.1, -0.05) is 35.5 Å². The second-order valence-electron chi connectivity index (χ2n) is 5.38. The lowest BCUT2D eigenvalue weighted by Crippen LogP contribution is -2.23. The Morgan fingerprint density at radius 1 is 1.48 bits per heavy atom. The summed E-state index contributed by atoms with van der Waals surface area (Å²) in [6.07, 6.45) is 2.16. The molecule has 0 aliphatic heterocycles. The molecule has 0 spiro atoms. The minimum absolute atomic E-state index is 0.277. The fraction of sp³-hybridized carbons (Fsp3) is 0.400. The molecule has 2 aromatic rings. The number of hydrogen-bond acceptors (Lipinski definition) is 5. The third-order valence-corrected chi connectivity index (χ3v) is 4.91. The Bertz CT molecular complexity index is 717. The van der Waals surface area contributed by atoms with Crippen LogP contribution in [0.3, 0.4) is 0 Å². The van der Waals surface area contributed by atoms with Crippen LogP contribution in [0, 0.1) is 0 Å². The Balaban J connectivity index is 1.76. The average molecular weight is 353 g/mol. The second kappa shape index (κ2) is 6.80. The molecular formula is C15H17ClN4O2S. The van der Waals surface area contributed by atoms with Gasteiger partial charge in [0.2, 0.25) is 5.91 Å². The number of carbonyl (C=O) groups is 1. The molecule has 1 amide bonds. The Kier molecular flexibility index (Phi) is 4.77. The lowest BCUT2D eigenvalue weighted by atomic mass is 10.3. The van der Waals surface area contributed by atoms with Crippen molar-refractivity contribution in [2.24, 2.45) is 5.73 Å². The molecule has 1 aliphatic carbocycles. The van der Waals surface area contributed by atoms with Crippen molar-refractivity contribution in [3.05, 3.63) is 35.1 Å². The van der Waals surface area contributed by atoms with Crippen LogP contribution in [0.5, 0.6) is 5.75 Å². The fourth-order valence-electron chi connectivity index (χ4n) is 2.11. The number of rotatable bonds is 7. The highest BCUT2D eigenvalue weighted by molar-refractivity contribution is 8.00. The van der Waals surface area contributed by atoms with E-state index in [4.69, 9.17) is 22.1 Å². The minimum atomic E-state index is -0.366. The quantitative estimate of drug-likeness (QED) is 0.775. The second-order valence-corrected chi connectivity index (χ2v) is 7.10. The molecule has 1 fully saturated rings. The monoisotopic (exact) mass is 352 g/mol. The number of ether oxygens (including phenoxy) is 1. The Morgan fingerprint density at radius 3 is 2.87 bits per heavy atom. The molecule has 2 N–H and O–H groups in total. The summed E-state index contributed by atoms with van der Waals surface area (Å²) in [5, 5.41) is 9.31. The van der Waals surface area contributed by atoms with Crippen LogP contribution >= 0.6 is 23.4 Å². The van der Waals surface area contributed by atoms with Gasteiger partial charge in [-0.05, 0) is 31.9 Å². The molecule has 1 atom stereocenters. The number of aromatic nitrogens is 3. The van der Waals surface area contributed by atoms with Crippen LogP contribution in [-0.2, 0) is 11.4 Å². The maximum atomic E-state index is 11.3. The zero-order valence-corrected chi connectivity index (χ0v) is 14.2. The summed E-state index contributed by atoms with van der Waals surface area (Å²) >= 11 is 7.42. The molecule has 122 valence electrons. The van der Waals surface area contributed by atoms with Crippen LogP contribution in [0.25, 0.3) is 0 Å². The van der Waals surface area contributed by atoms with Gasteiger partial charge in [-0.25, -0.2) is 0 Å². The number of primary amides is 1. The molecule has 3 rings (SSSR count). The zero-order valence-electron chi connectivity index (χ0n) is 12.6. The smallest absolute Gasteiger partial charge is 0.230 e. The number of halogens is 1. The van der Waals surface area contributed by atoms with Crippen molar-refractivity contribution < 1.29 is 9.53 Å². The van der Waals surface area contributed by atoms with Crippen molar-refractivity contribution in [1.82, 2.24) is 14.8 Å². The van der Waals surface area contributed by atoms with Crippen molar-refractivity contribution >= 4 is 29.3 Å². The first-order valence-corrected chi connectivity index (χ1v) is 8.59. The normalized spacial score (nSPS) is 15.4. The maximum Gasteiger partial charge on any atom is 0.230 e. The third-order valence-electron chi connectivity index (χ3n) is 3.52. The summed E-state index contributed by atoms with van der Waals surface area (Å²) in [7, 11) is 0. The van der Waals surface area contributed by atoms with E-state index in [1.54, 1.807) is 13.0 Å². The Morgan fingerprint density at radius 2 is 2.22 bits per heavy atom. The summed E-state index contributed by atoms with van der Waals surface area (Å²) in [5.74, 6) is 0.972. The van der Waals surface area contributed by atoms with E-state index in [0.29, 0.717) is 22.0 Å². The molecule has 0 saturated heterocycles. The summed E-state index contributed by atoms with van der Waals surface area (Å²) in [6, 6.07) is 7.67. The molecule has 6 nitrogen and oxygen atoms in total. The van der Waals surface area contributed by atoms with Crippen molar-refractivity contribution in [2.75, 3.05) is 0 Å². The van der Waals surface area contributed by atoms with E-state index in [2.05, 4.69) is 10.2 Å². The van der Waals surface area contributed by atoms with E-state index in [9.17, 15) is 4.79 Å². The number of benzene rings is 1. The van der Waals surface area contributed by atoms with Gasteiger partial charge in [0.1, 0.15) is 12.4 Å². The lowest BCUT2D eigenvalue weighted by molar-refractivity contribution is -0.117. The topological polar surface area (TPSA) is 83.0 Å². The maximum absolute atomic E-state index is 11.3. The molecular weight excluding hydrogens is 336 g/mol. The third kappa shape index (κ3) is 3.79. The van der Waals surface area contributed by atoms with Crippen molar-refractivity contribution in [1.29, 1.82) is 0 Å². The van der Waals surface area contributed by atoms with Crippen molar-refractivity contribution in [3.8, 4) is 5.75 Å². The average Bonchev–Trinajstić information content (AvgIpc) is 3.28. The molecule has 1 aromatic heterocycles. The molecule has 1 saturated carbocycles. The fourth-order valence-corrected chi connectivity index (χ4v) is 3.18. The van der Waals surface area contributed by atoms with Crippen LogP contribution in [0.15, 0.2) is 29.4 Å². The van der Waals surface area contributed by atoms with Crippen LogP contribution in [0.4, 0.5) is 0 Å². The van der Waals surface area contributed by atoms with E-state index >= 15 is 0 Å². The molecule has 0 unspecified atom stereocenters. The number of para-hydroxylation sites is 1. The lowest BCUT2D eigenvalue weighted by Gasteiger charge is -2.12. The van der Waals surface area contributed by atoms with Gasteiger partial charge in [0.05, 0.1) is 10.3 Å². The predicted octanol–water partition coefficient (Wildman–Crippen LogP) is 2.81. The van der Waals surface area contributed by atoms with Crippen LogP contribution in [0.2, 0.25) is 5.02 Å². The van der Waals surface area contributed by atoms with E-state index in [1.165, 1.54) is 11.8 Å². The zero-order chi connectivity index (χ0) is 16.4. The molecule has 0 radical (unpaired) electrons. The van der Waals surface area contributed by atoms with E-state index in [0.717, 1.165) is 18.7 Å². The molecule has 8 heteroatoms. The van der Waals surface area contributed by atoms with E-state index in [-0.39, 0.29) is 17.8 Å². The number of amides is 1. The van der Waals surface area contributed by atoms with Gasteiger partial charge in [-0.3, -0.25) is 9.36 Å². The SMILES string of the molecule is C[C@H](Sc1nnc(COc2ccccc2Cl)n1C1CC1)C(N)=O. The summed E-state index contributed by atoms with van der Waals surface area (Å²) in [6.45, 7) is 2.04. The number of thioether (sulfide) groups is 1. The van der Waals surface area contributed by atoms with Gasteiger partial charge in [-0.15, -0.1) is 10.2 Å². The van der Waals surface area contributed by atoms with Crippen LogP contribution in [0.1, 0.15) is 31.6 Å². The Labute approximate surface area is 143 Å². The first kappa shape index (κ1) is 16.1. The summed E-state index contributed by atoms with van der Waals surface area (Å²) in [5.41, 5.74) is 5.33. The van der Waals surface area contributed by atoms with Gasteiger partial charge >= 0.3 is 0 Å².